The lowest BCUT2D eigenvalue weighted by Crippen LogP contribution is -2.35. The summed E-state index contributed by atoms with van der Waals surface area (Å²) >= 11 is 0. The number of rotatable bonds is 3. The monoisotopic (exact) mass is 367 g/mol. The zero-order valence-electron chi connectivity index (χ0n) is 15.7. The lowest BCUT2D eigenvalue weighted by Gasteiger charge is -2.31. The number of fused-ring (bicyclic) bond motifs is 3. The summed E-state index contributed by atoms with van der Waals surface area (Å²) in [4.78, 5) is 15.1. The molecule has 4 rings (SSSR count). The van der Waals surface area contributed by atoms with E-state index in [0.717, 1.165) is 23.4 Å². The molecule has 0 atom stereocenters. The predicted molar refractivity (Wildman–Crippen MR) is 101 cm³/mol. The lowest BCUT2D eigenvalue weighted by atomic mass is 9.98. The molecule has 0 saturated heterocycles. The van der Waals surface area contributed by atoms with E-state index in [4.69, 9.17) is 9.47 Å². The third-order valence-corrected chi connectivity index (χ3v) is 4.80. The number of halogens is 1. The Morgan fingerprint density at radius 2 is 2.07 bits per heavy atom. The molecule has 0 unspecified atom stereocenters. The highest BCUT2D eigenvalue weighted by molar-refractivity contribution is 6.15. The fourth-order valence-electron chi connectivity index (χ4n) is 3.64. The van der Waals surface area contributed by atoms with E-state index in [-0.39, 0.29) is 17.4 Å². The van der Waals surface area contributed by atoms with E-state index < -0.39 is 0 Å². The van der Waals surface area contributed by atoms with Crippen LogP contribution in [0.5, 0.6) is 11.5 Å². The second-order valence-corrected chi connectivity index (χ2v) is 7.51. The van der Waals surface area contributed by atoms with Crippen LogP contribution in [0.25, 0.3) is 6.08 Å². The van der Waals surface area contributed by atoms with E-state index in [1.54, 1.807) is 18.2 Å². The average Bonchev–Trinajstić information content (AvgIpc) is 2.95. The number of aryl methyl sites for hydroxylation is 1. The van der Waals surface area contributed by atoms with Crippen LogP contribution in [-0.2, 0) is 6.54 Å². The van der Waals surface area contributed by atoms with Crippen LogP contribution in [0.3, 0.4) is 0 Å². The molecule has 0 saturated carbocycles. The number of ketones is 1. The summed E-state index contributed by atoms with van der Waals surface area (Å²) in [7, 11) is 0. The quantitative estimate of drug-likeness (QED) is 0.746. The molecule has 0 aliphatic carbocycles. The number of Topliss-reactive ketones (excluding diaryl/α,β-unsaturated/α-hetero) is 1. The maximum atomic E-state index is 14.0. The maximum Gasteiger partial charge on any atom is 0.232 e. The van der Waals surface area contributed by atoms with E-state index in [1.807, 2.05) is 13.0 Å². The first kappa shape index (κ1) is 17.7. The molecule has 0 spiro atoms. The molecule has 0 fully saturated rings. The van der Waals surface area contributed by atoms with Crippen molar-refractivity contribution in [2.24, 2.45) is 5.92 Å². The first-order valence-electron chi connectivity index (χ1n) is 9.14. The minimum absolute atomic E-state index is 0.146. The molecule has 140 valence electrons. The third kappa shape index (κ3) is 3.23. The lowest BCUT2D eigenvalue weighted by molar-refractivity contribution is 0.0831. The number of carbonyl (C=O) groups excluding carboxylic acids is 1. The van der Waals surface area contributed by atoms with Gasteiger partial charge in [0.2, 0.25) is 5.78 Å². The molecule has 27 heavy (non-hydrogen) atoms. The largest absolute Gasteiger partial charge is 0.478 e. The summed E-state index contributed by atoms with van der Waals surface area (Å²) in [5.74, 6) is 1.36. The SMILES string of the molecule is Cc1cc2c(c3c1C(=O)/C(=C/c1ccccc1F)O3)CN(CC(C)C)CO2. The van der Waals surface area contributed by atoms with Crippen molar-refractivity contribution in [2.75, 3.05) is 13.3 Å². The van der Waals surface area contributed by atoms with Crippen LogP contribution in [0.1, 0.15) is 40.9 Å². The molecule has 0 bridgehead atoms. The van der Waals surface area contributed by atoms with Gasteiger partial charge in [0.05, 0.1) is 11.1 Å². The number of carbonyl (C=O) groups is 1. The minimum atomic E-state index is -0.387. The van der Waals surface area contributed by atoms with Gasteiger partial charge in [-0.05, 0) is 36.6 Å². The second kappa shape index (κ2) is 6.82. The van der Waals surface area contributed by atoms with Crippen molar-refractivity contribution in [1.29, 1.82) is 0 Å². The van der Waals surface area contributed by atoms with Crippen molar-refractivity contribution < 1.29 is 18.7 Å². The Balaban J connectivity index is 1.73. The Bertz CT molecular complexity index is 949. The highest BCUT2D eigenvalue weighted by Crippen LogP contribution is 2.44. The van der Waals surface area contributed by atoms with Crippen LogP contribution in [-0.4, -0.2) is 24.0 Å². The molecule has 2 aromatic rings. The summed E-state index contributed by atoms with van der Waals surface area (Å²) in [6.07, 6.45) is 1.47. The zero-order chi connectivity index (χ0) is 19.1. The Kier molecular flexibility index (Phi) is 4.48. The molecule has 2 aliphatic heterocycles. The van der Waals surface area contributed by atoms with Gasteiger partial charge in [0.25, 0.3) is 0 Å². The predicted octanol–water partition coefficient (Wildman–Crippen LogP) is 4.56. The summed E-state index contributed by atoms with van der Waals surface area (Å²) in [5.41, 5.74) is 2.57. The molecular formula is C22H22FNO3. The van der Waals surface area contributed by atoms with E-state index in [0.29, 0.717) is 36.1 Å². The van der Waals surface area contributed by atoms with E-state index in [2.05, 4.69) is 18.7 Å². The topological polar surface area (TPSA) is 38.8 Å². The number of hydrogen-bond donors (Lipinski definition) is 0. The first-order valence-corrected chi connectivity index (χ1v) is 9.14. The van der Waals surface area contributed by atoms with Gasteiger partial charge in [0.15, 0.2) is 5.76 Å². The number of hydrogen-bond acceptors (Lipinski definition) is 4. The van der Waals surface area contributed by atoms with Gasteiger partial charge in [-0.3, -0.25) is 9.69 Å². The summed E-state index contributed by atoms with van der Waals surface area (Å²) in [5, 5.41) is 0. The van der Waals surface area contributed by atoms with Crippen LogP contribution < -0.4 is 9.47 Å². The van der Waals surface area contributed by atoms with Gasteiger partial charge in [0, 0.05) is 18.7 Å². The Morgan fingerprint density at radius 1 is 1.30 bits per heavy atom. The number of nitrogens with zero attached hydrogens (tertiary/aromatic N) is 1. The summed E-state index contributed by atoms with van der Waals surface area (Å²) in [6, 6.07) is 8.23. The maximum absolute atomic E-state index is 14.0. The minimum Gasteiger partial charge on any atom is -0.478 e. The van der Waals surface area contributed by atoms with E-state index in [9.17, 15) is 9.18 Å². The van der Waals surface area contributed by atoms with Crippen molar-refractivity contribution in [3.63, 3.8) is 0 Å². The van der Waals surface area contributed by atoms with Gasteiger partial charge in [0.1, 0.15) is 24.0 Å². The van der Waals surface area contributed by atoms with Gasteiger partial charge in [-0.15, -0.1) is 0 Å². The Hall–Kier alpha value is -2.66. The molecule has 0 radical (unpaired) electrons. The van der Waals surface area contributed by atoms with Crippen LogP contribution >= 0.6 is 0 Å². The standard InChI is InChI=1S/C22H22FNO3/c1-13(2)10-24-11-16-18(26-12-24)8-14(3)20-21(25)19(27-22(16)20)9-15-6-4-5-7-17(15)23/h4-9,13H,10-12H2,1-3H3/b19-9-. The Morgan fingerprint density at radius 3 is 2.81 bits per heavy atom. The van der Waals surface area contributed by atoms with Crippen molar-refractivity contribution >= 4 is 11.9 Å². The molecule has 0 amide bonds. The number of ether oxygens (including phenoxy) is 2. The van der Waals surface area contributed by atoms with Crippen LogP contribution in [0, 0.1) is 18.7 Å². The molecule has 5 heteroatoms. The highest BCUT2D eigenvalue weighted by atomic mass is 19.1. The van der Waals surface area contributed by atoms with Gasteiger partial charge in [-0.25, -0.2) is 4.39 Å². The fraction of sp³-hybridized carbons (Fsp3) is 0.318. The number of allylic oxidation sites excluding steroid dienone is 1. The first-order chi connectivity index (χ1) is 12.9. The van der Waals surface area contributed by atoms with Crippen LogP contribution in [0.4, 0.5) is 4.39 Å². The average molecular weight is 367 g/mol. The number of benzene rings is 2. The van der Waals surface area contributed by atoms with Crippen molar-refractivity contribution in [3.8, 4) is 11.5 Å². The fourth-order valence-corrected chi connectivity index (χ4v) is 3.64. The second-order valence-electron chi connectivity index (χ2n) is 7.51. The third-order valence-electron chi connectivity index (χ3n) is 4.80. The molecule has 0 N–H and O–H groups in total. The van der Waals surface area contributed by atoms with Crippen LogP contribution in [0.15, 0.2) is 36.1 Å². The van der Waals surface area contributed by atoms with Gasteiger partial charge >= 0.3 is 0 Å². The normalized spacial score (nSPS) is 17.7. The summed E-state index contributed by atoms with van der Waals surface area (Å²) < 4.78 is 25.8. The molecule has 0 aromatic heterocycles. The smallest absolute Gasteiger partial charge is 0.232 e. The summed E-state index contributed by atoms with van der Waals surface area (Å²) in [6.45, 7) is 8.27. The van der Waals surface area contributed by atoms with E-state index in [1.165, 1.54) is 12.1 Å². The molecule has 2 aliphatic rings. The molecule has 2 heterocycles. The van der Waals surface area contributed by atoms with Gasteiger partial charge in [-0.2, -0.15) is 0 Å². The van der Waals surface area contributed by atoms with E-state index >= 15 is 0 Å². The molecular weight excluding hydrogens is 345 g/mol. The van der Waals surface area contributed by atoms with Crippen molar-refractivity contribution in [2.45, 2.75) is 27.3 Å². The van der Waals surface area contributed by atoms with Gasteiger partial charge in [-0.1, -0.05) is 32.0 Å². The van der Waals surface area contributed by atoms with Crippen molar-refractivity contribution in [3.05, 3.63) is 64.2 Å². The van der Waals surface area contributed by atoms with Crippen molar-refractivity contribution in [1.82, 2.24) is 4.90 Å². The van der Waals surface area contributed by atoms with Gasteiger partial charge < -0.3 is 9.47 Å². The highest BCUT2D eigenvalue weighted by Gasteiger charge is 2.35. The molecule has 2 aromatic carbocycles. The molecule has 4 nitrogen and oxygen atoms in total. The Labute approximate surface area is 158 Å². The van der Waals surface area contributed by atoms with Crippen LogP contribution in [0.2, 0.25) is 0 Å². The zero-order valence-corrected chi connectivity index (χ0v) is 15.7.